The summed E-state index contributed by atoms with van der Waals surface area (Å²) in [5.74, 6) is -1.72. The molecule has 8 nitrogen and oxygen atoms in total. The Morgan fingerprint density at radius 1 is 1.12 bits per heavy atom. The molecule has 0 aliphatic heterocycles. The van der Waals surface area contributed by atoms with Gasteiger partial charge in [0.1, 0.15) is 40.2 Å². The monoisotopic (exact) mass is 463 g/mol. The number of ether oxygens (including phenoxy) is 1. The van der Waals surface area contributed by atoms with Crippen LogP contribution in [0.4, 0.5) is 19.0 Å². The van der Waals surface area contributed by atoms with Crippen LogP contribution in [0.5, 0.6) is 11.8 Å². The SMILES string of the molecule is CCOc1cc(-c2cc(NCCc3c(F)cc(F)cc3F)ncn2)sc1-c1noc(O)n1. The summed E-state index contributed by atoms with van der Waals surface area (Å²) < 4.78 is 50.9. The van der Waals surface area contributed by atoms with Gasteiger partial charge in [0, 0.05) is 36.4 Å². The number of hydrogen-bond donors (Lipinski definition) is 2. The molecule has 0 atom stereocenters. The van der Waals surface area contributed by atoms with Crippen molar-refractivity contribution in [2.75, 3.05) is 18.5 Å². The molecule has 2 N–H and O–H groups in total. The Labute approximate surface area is 183 Å². The van der Waals surface area contributed by atoms with E-state index in [-0.39, 0.29) is 24.4 Å². The van der Waals surface area contributed by atoms with Crippen LogP contribution in [0.2, 0.25) is 0 Å². The molecule has 4 rings (SSSR count). The van der Waals surface area contributed by atoms with Gasteiger partial charge >= 0.3 is 6.08 Å². The molecule has 0 fully saturated rings. The normalized spacial score (nSPS) is 11.0. The van der Waals surface area contributed by atoms with Gasteiger partial charge in [0.15, 0.2) is 0 Å². The smallest absolute Gasteiger partial charge is 0.415 e. The van der Waals surface area contributed by atoms with Gasteiger partial charge < -0.3 is 15.2 Å². The number of nitrogens with one attached hydrogen (secondary N) is 1. The molecule has 166 valence electrons. The molecule has 1 aromatic carbocycles. The number of nitrogens with zero attached hydrogens (tertiary/aromatic N) is 4. The summed E-state index contributed by atoms with van der Waals surface area (Å²) in [6, 6.07) is 4.72. The number of benzene rings is 1. The van der Waals surface area contributed by atoms with Crippen LogP contribution >= 0.6 is 11.3 Å². The highest BCUT2D eigenvalue weighted by atomic mass is 32.1. The molecular weight excluding hydrogens is 447 g/mol. The second-order valence-electron chi connectivity index (χ2n) is 6.45. The lowest BCUT2D eigenvalue weighted by molar-refractivity contribution is 0.267. The van der Waals surface area contributed by atoms with E-state index in [1.165, 1.54) is 17.7 Å². The van der Waals surface area contributed by atoms with Crippen LogP contribution in [0.1, 0.15) is 12.5 Å². The highest BCUT2D eigenvalue weighted by Crippen LogP contribution is 2.41. The van der Waals surface area contributed by atoms with Crippen LogP contribution in [-0.2, 0) is 6.42 Å². The van der Waals surface area contributed by atoms with Crippen LogP contribution in [0.3, 0.4) is 0 Å². The van der Waals surface area contributed by atoms with Crippen molar-refractivity contribution >= 4 is 17.2 Å². The van der Waals surface area contributed by atoms with Crippen molar-refractivity contribution in [2.45, 2.75) is 13.3 Å². The van der Waals surface area contributed by atoms with Gasteiger partial charge in [0.25, 0.3) is 0 Å². The highest BCUT2D eigenvalue weighted by molar-refractivity contribution is 7.19. The summed E-state index contributed by atoms with van der Waals surface area (Å²) in [7, 11) is 0. The predicted molar refractivity (Wildman–Crippen MR) is 110 cm³/mol. The Kier molecular flexibility index (Phi) is 6.21. The first-order chi connectivity index (χ1) is 15.4. The zero-order valence-corrected chi connectivity index (χ0v) is 17.4. The number of hydrogen-bond acceptors (Lipinski definition) is 9. The second kappa shape index (κ2) is 9.22. The number of anilines is 1. The number of halogens is 3. The van der Waals surface area contributed by atoms with Gasteiger partial charge in [0.05, 0.1) is 17.2 Å². The predicted octanol–water partition coefficient (Wildman–Crippen LogP) is 4.43. The van der Waals surface area contributed by atoms with Crippen LogP contribution in [0.15, 0.2) is 35.1 Å². The molecular formula is C20H16F3N5O3S. The van der Waals surface area contributed by atoms with Crippen LogP contribution in [0.25, 0.3) is 21.3 Å². The number of aromatic nitrogens is 4. The minimum atomic E-state index is -0.963. The molecule has 0 aliphatic carbocycles. The Bertz CT molecular complexity index is 1220. The van der Waals surface area contributed by atoms with E-state index in [2.05, 4.69) is 29.9 Å². The molecule has 0 saturated heterocycles. The molecule has 3 heterocycles. The highest BCUT2D eigenvalue weighted by Gasteiger charge is 2.19. The lowest BCUT2D eigenvalue weighted by Crippen LogP contribution is -2.09. The first-order valence-corrected chi connectivity index (χ1v) is 10.3. The molecule has 0 spiro atoms. The fourth-order valence-electron chi connectivity index (χ4n) is 2.94. The largest absolute Gasteiger partial charge is 0.492 e. The Hall–Kier alpha value is -3.67. The lowest BCUT2D eigenvalue weighted by atomic mass is 10.1. The van der Waals surface area contributed by atoms with Gasteiger partial charge in [-0.05, 0) is 13.3 Å². The van der Waals surface area contributed by atoms with E-state index >= 15 is 0 Å². The molecule has 3 aromatic heterocycles. The quantitative estimate of drug-likeness (QED) is 0.395. The third-order valence-electron chi connectivity index (χ3n) is 4.32. The van der Waals surface area contributed by atoms with Crippen molar-refractivity contribution < 1.29 is 27.5 Å². The molecule has 32 heavy (non-hydrogen) atoms. The standard InChI is InChI=1S/C20H16F3N5O3S/c1-2-30-15-8-16(32-18(15)19-27-20(29)31-28-19)14-7-17(26-9-25-14)24-4-3-11-12(22)5-10(21)6-13(11)23/h5-9H,2-4H2,1H3,(H,24,25,26)(H,27,28,29). The first kappa shape index (κ1) is 21.6. The molecule has 0 radical (unpaired) electrons. The average Bonchev–Trinajstić information content (AvgIpc) is 3.37. The van der Waals surface area contributed by atoms with E-state index in [4.69, 9.17) is 4.74 Å². The van der Waals surface area contributed by atoms with Gasteiger partial charge in [-0.15, -0.1) is 11.3 Å². The molecule has 0 aliphatic rings. The summed E-state index contributed by atoms with van der Waals surface area (Å²) in [4.78, 5) is 13.5. The third kappa shape index (κ3) is 4.64. The number of aromatic hydroxyl groups is 1. The zero-order valence-electron chi connectivity index (χ0n) is 16.6. The van der Waals surface area contributed by atoms with E-state index in [1.807, 2.05) is 6.92 Å². The van der Waals surface area contributed by atoms with E-state index < -0.39 is 23.5 Å². The Morgan fingerprint density at radius 2 is 1.91 bits per heavy atom. The van der Waals surface area contributed by atoms with Gasteiger partial charge in [-0.2, -0.15) is 4.98 Å². The minimum absolute atomic E-state index is 0.00373. The van der Waals surface area contributed by atoms with Crippen LogP contribution in [0, 0.1) is 17.5 Å². The topological polar surface area (TPSA) is 106 Å². The molecule has 0 unspecified atom stereocenters. The second-order valence-corrected chi connectivity index (χ2v) is 7.50. The van der Waals surface area contributed by atoms with Gasteiger partial charge in [-0.25, -0.2) is 23.1 Å². The summed E-state index contributed by atoms with van der Waals surface area (Å²) in [6.45, 7) is 2.40. The summed E-state index contributed by atoms with van der Waals surface area (Å²) in [5, 5.41) is 16.0. The summed E-state index contributed by atoms with van der Waals surface area (Å²) in [6.07, 6.45) is 0.785. The maximum absolute atomic E-state index is 13.8. The molecule has 12 heteroatoms. The Morgan fingerprint density at radius 3 is 2.59 bits per heavy atom. The van der Waals surface area contributed by atoms with Crippen LogP contribution in [-0.4, -0.2) is 38.4 Å². The van der Waals surface area contributed by atoms with Crippen molar-refractivity contribution in [1.29, 1.82) is 0 Å². The average molecular weight is 463 g/mol. The fourth-order valence-corrected chi connectivity index (χ4v) is 3.94. The fraction of sp³-hybridized carbons (Fsp3) is 0.200. The van der Waals surface area contributed by atoms with E-state index in [0.29, 0.717) is 45.8 Å². The van der Waals surface area contributed by atoms with E-state index in [1.54, 1.807) is 12.1 Å². The number of rotatable bonds is 8. The lowest BCUT2D eigenvalue weighted by Gasteiger charge is -2.08. The van der Waals surface area contributed by atoms with Crippen LogP contribution < -0.4 is 10.1 Å². The van der Waals surface area contributed by atoms with E-state index in [0.717, 1.165) is 0 Å². The van der Waals surface area contributed by atoms with Gasteiger partial charge in [0.2, 0.25) is 5.82 Å². The van der Waals surface area contributed by atoms with Crippen molar-refractivity contribution in [2.24, 2.45) is 0 Å². The van der Waals surface area contributed by atoms with Gasteiger partial charge in [-0.3, -0.25) is 4.52 Å². The first-order valence-electron chi connectivity index (χ1n) is 9.44. The summed E-state index contributed by atoms with van der Waals surface area (Å²) in [5.41, 5.74) is 0.354. The van der Waals surface area contributed by atoms with Crippen molar-refractivity contribution in [3.63, 3.8) is 0 Å². The van der Waals surface area contributed by atoms with Crippen molar-refractivity contribution in [3.05, 3.63) is 53.6 Å². The molecule has 0 saturated carbocycles. The third-order valence-corrected chi connectivity index (χ3v) is 5.46. The van der Waals surface area contributed by atoms with Gasteiger partial charge in [-0.1, -0.05) is 5.16 Å². The number of thiophene rings is 1. The maximum Gasteiger partial charge on any atom is 0.415 e. The van der Waals surface area contributed by atoms with Crippen molar-refractivity contribution in [3.8, 4) is 33.1 Å². The Balaban J connectivity index is 1.52. The maximum atomic E-state index is 13.8. The zero-order chi connectivity index (χ0) is 22.7. The summed E-state index contributed by atoms with van der Waals surface area (Å²) >= 11 is 1.28. The molecule has 4 aromatic rings. The minimum Gasteiger partial charge on any atom is -0.492 e. The molecule has 0 amide bonds. The molecule has 0 bridgehead atoms. The van der Waals surface area contributed by atoms with E-state index in [9.17, 15) is 18.3 Å². The van der Waals surface area contributed by atoms with Crippen molar-refractivity contribution in [1.82, 2.24) is 20.1 Å².